The molecule has 1 fully saturated rings. The summed E-state index contributed by atoms with van der Waals surface area (Å²) in [5.41, 5.74) is 0. The van der Waals surface area contributed by atoms with Gasteiger partial charge >= 0.3 is 5.97 Å². The van der Waals surface area contributed by atoms with Gasteiger partial charge in [-0.15, -0.1) is 0 Å². The molecule has 78 valence electrons. The molecular formula is C7H10N2O5. The fraction of sp³-hybridized carbons (Fsp3) is 0.714. The van der Waals surface area contributed by atoms with Crippen LogP contribution in [0, 0.1) is 16.0 Å². The lowest BCUT2D eigenvalue weighted by Gasteiger charge is -2.22. The third kappa shape index (κ3) is 1.98. The first-order valence-corrected chi connectivity index (χ1v) is 4.05. The van der Waals surface area contributed by atoms with Crippen LogP contribution in [0.1, 0.15) is 6.42 Å². The zero-order chi connectivity index (χ0) is 10.7. The van der Waals surface area contributed by atoms with Crippen LogP contribution in [-0.2, 0) is 14.3 Å². The number of piperidine rings is 1. The number of rotatable bonds is 2. The minimum absolute atomic E-state index is 0.0284. The van der Waals surface area contributed by atoms with E-state index < -0.39 is 28.8 Å². The number of esters is 1. The Bertz CT molecular complexity index is 269. The van der Waals surface area contributed by atoms with Gasteiger partial charge in [0.1, 0.15) is 5.92 Å². The number of ether oxygens (including phenoxy) is 1. The Balaban J connectivity index is 2.69. The van der Waals surface area contributed by atoms with Crippen LogP contribution >= 0.6 is 0 Å². The van der Waals surface area contributed by atoms with E-state index in [1.54, 1.807) is 0 Å². The highest BCUT2D eigenvalue weighted by molar-refractivity contribution is 5.98. The van der Waals surface area contributed by atoms with E-state index in [0.29, 0.717) is 0 Å². The maximum absolute atomic E-state index is 11.1. The summed E-state index contributed by atoms with van der Waals surface area (Å²) in [6, 6.07) is -0.906. The largest absolute Gasteiger partial charge is 0.468 e. The van der Waals surface area contributed by atoms with Crippen molar-refractivity contribution in [3.8, 4) is 0 Å². The number of nitro groups is 1. The maximum atomic E-state index is 11.1. The zero-order valence-corrected chi connectivity index (χ0v) is 7.56. The van der Waals surface area contributed by atoms with Crippen molar-refractivity contribution in [2.24, 2.45) is 5.92 Å². The highest BCUT2D eigenvalue weighted by atomic mass is 16.6. The maximum Gasteiger partial charge on any atom is 0.318 e. The first-order chi connectivity index (χ1) is 6.56. The van der Waals surface area contributed by atoms with Crippen molar-refractivity contribution in [3.05, 3.63) is 10.1 Å². The van der Waals surface area contributed by atoms with Crippen molar-refractivity contribution in [3.63, 3.8) is 0 Å². The molecule has 2 atom stereocenters. The molecule has 0 aromatic carbocycles. The standard InChI is InChI=1S/C7H10N2O5/c1-14-7(11)5-2-4(9(12)13)3-8-6(5)10/h4-5H,2-3H2,1H3,(H,8,10). The normalized spacial score (nSPS) is 26.5. The average molecular weight is 202 g/mol. The molecule has 1 N–H and O–H groups in total. The van der Waals surface area contributed by atoms with Gasteiger partial charge in [0.2, 0.25) is 11.9 Å². The Kier molecular flexibility index (Phi) is 3.00. The molecule has 1 heterocycles. The second-order valence-electron chi connectivity index (χ2n) is 3.00. The fourth-order valence-electron chi connectivity index (χ4n) is 1.31. The van der Waals surface area contributed by atoms with E-state index >= 15 is 0 Å². The van der Waals surface area contributed by atoms with Crippen LogP contribution in [0.15, 0.2) is 0 Å². The molecule has 1 amide bonds. The number of nitrogens with one attached hydrogen (secondary N) is 1. The third-order valence-electron chi connectivity index (χ3n) is 2.12. The Hall–Kier alpha value is -1.66. The summed E-state index contributed by atoms with van der Waals surface area (Å²) in [5, 5.41) is 12.7. The molecule has 0 bridgehead atoms. The first kappa shape index (κ1) is 10.4. The second kappa shape index (κ2) is 4.03. The first-order valence-electron chi connectivity index (χ1n) is 4.05. The minimum atomic E-state index is -1.05. The van der Waals surface area contributed by atoms with Crippen LogP contribution in [-0.4, -0.2) is 36.5 Å². The number of carbonyl (C=O) groups is 2. The molecule has 1 saturated heterocycles. The summed E-state index contributed by atoms with van der Waals surface area (Å²) in [7, 11) is 1.14. The van der Waals surface area contributed by atoms with E-state index in [0.717, 1.165) is 7.11 Å². The lowest BCUT2D eigenvalue weighted by Crippen LogP contribution is -2.49. The van der Waals surface area contributed by atoms with Gasteiger partial charge in [-0.25, -0.2) is 0 Å². The number of carbonyl (C=O) groups excluding carboxylic acids is 2. The summed E-state index contributed by atoms with van der Waals surface area (Å²) in [5.74, 6) is -2.28. The van der Waals surface area contributed by atoms with Crippen LogP contribution in [0.4, 0.5) is 0 Å². The summed E-state index contributed by atoms with van der Waals surface area (Å²) in [6.07, 6.45) is -0.0918. The molecule has 14 heavy (non-hydrogen) atoms. The minimum Gasteiger partial charge on any atom is -0.468 e. The molecule has 1 aliphatic rings. The highest BCUT2D eigenvalue weighted by Crippen LogP contribution is 2.15. The number of amides is 1. The van der Waals surface area contributed by atoms with Crippen molar-refractivity contribution in [1.82, 2.24) is 5.32 Å². The van der Waals surface area contributed by atoms with Crippen LogP contribution in [0.2, 0.25) is 0 Å². The quantitative estimate of drug-likeness (QED) is 0.266. The predicted octanol–water partition coefficient (Wildman–Crippen LogP) is -1.06. The molecule has 7 heteroatoms. The van der Waals surface area contributed by atoms with Gasteiger partial charge in [-0.2, -0.15) is 0 Å². The molecule has 0 radical (unpaired) electrons. The van der Waals surface area contributed by atoms with E-state index in [1.807, 2.05) is 0 Å². The third-order valence-corrected chi connectivity index (χ3v) is 2.12. The van der Waals surface area contributed by atoms with Gasteiger partial charge in [-0.05, 0) is 0 Å². The van der Waals surface area contributed by atoms with Crippen LogP contribution in [0.5, 0.6) is 0 Å². The van der Waals surface area contributed by atoms with Crippen LogP contribution < -0.4 is 5.32 Å². The van der Waals surface area contributed by atoms with Gasteiger partial charge in [0.05, 0.1) is 13.7 Å². The lowest BCUT2D eigenvalue weighted by atomic mass is 9.95. The zero-order valence-electron chi connectivity index (χ0n) is 7.56. The second-order valence-corrected chi connectivity index (χ2v) is 3.00. The molecule has 1 rings (SSSR count). The van der Waals surface area contributed by atoms with Crippen LogP contribution in [0.25, 0.3) is 0 Å². The molecule has 0 aromatic rings. The number of nitrogens with zero attached hydrogens (tertiary/aromatic N) is 1. The monoisotopic (exact) mass is 202 g/mol. The van der Waals surface area contributed by atoms with Gasteiger partial charge < -0.3 is 10.1 Å². The molecule has 0 spiro atoms. The Labute approximate surface area is 79.6 Å². The smallest absolute Gasteiger partial charge is 0.318 e. The molecule has 1 aliphatic heterocycles. The van der Waals surface area contributed by atoms with Crippen LogP contribution in [0.3, 0.4) is 0 Å². The van der Waals surface area contributed by atoms with E-state index in [4.69, 9.17) is 0 Å². The van der Waals surface area contributed by atoms with E-state index in [2.05, 4.69) is 10.1 Å². The Morgan fingerprint density at radius 2 is 2.36 bits per heavy atom. The summed E-state index contributed by atoms with van der Waals surface area (Å²) in [6.45, 7) is -0.0284. The van der Waals surface area contributed by atoms with E-state index in [1.165, 1.54) is 0 Å². The van der Waals surface area contributed by atoms with Gasteiger partial charge in [-0.3, -0.25) is 19.7 Å². The Morgan fingerprint density at radius 3 is 2.86 bits per heavy atom. The molecule has 0 saturated carbocycles. The number of hydrogen-bond acceptors (Lipinski definition) is 5. The number of hydrogen-bond donors (Lipinski definition) is 1. The Morgan fingerprint density at radius 1 is 1.71 bits per heavy atom. The van der Waals surface area contributed by atoms with Gasteiger partial charge in [0, 0.05) is 11.3 Å². The topological polar surface area (TPSA) is 98.5 Å². The van der Waals surface area contributed by atoms with Crippen molar-refractivity contribution in [2.75, 3.05) is 13.7 Å². The number of methoxy groups -OCH3 is 1. The van der Waals surface area contributed by atoms with Crippen molar-refractivity contribution in [2.45, 2.75) is 12.5 Å². The van der Waals surface area contributed by atoms with E-state index in [9.17, 15) is 19.7 Å². The van der Waals surface area contributed by atoms with Gasteiger partial charge in [-0.1, -0.05) is 0 Å². The molecular weight excluding hydrogens is 192 g/mol. The summed E-state index contributed by atoms with van der Waals surface area (Å²) >= 11 is 0. The SMILES string of the molecule is COC(=O)C1CC([N+](=O)[O-])CNC1=O. The molecule has 0 aromatic heterocycles. The van der Waals surface area contributed by atoms with Crippen molar-refractivity contribution >= 4 is 11.9 Å². The van der Waals surface area contributed by atoms with Gasteiger partial charge in [0.15, 0.2) is 0 Å². The summed E-state index contributed by atoms with van der Waals surface area (Å²) < 4.78 is 4.37. The molecule has 7 nitrogen and oxygen atoms in total. The molecule has 0 aliphatic carbocycles. The van der Waals surface area contributed by atoms with E-state index in [-0.39, 0.29) is 13.0 Å². The van der Waals surface area contributed by atoms with Crippen molar-refractivity contribution < 1.29 is 19.2 Å². The lowest BCUT2D eigenvalue weighted by molar-refractivity contribution is -0.522. The predicted molar refractivity (Wildman–Crippen MR) is 43.9 cm³/mol. The highest BCUT2D eigenvalue weighted by Gasteiger charge is 2.39. The van der Waals surface area contributed by atoms with Gasteiger partial charge in [0.25, 0.3) is 0 Å². The summed E-state index contributed by atoms with van der Waals surface area (Å²) in [4.78, 5) is 32.1. The molecule has 2 unspecified atom stereocenters. The van der Waals surface area contributed by atoms with Crippen molar-refractivity contribution in [1.29, 1.82) is 0 Å². The average Bonchev–Trinajstić information content (AvgIpc) is 2.17. The fourth-order valence-corrected chi connectivity index (χ4v) is 1.31.